The Morgan fingerprint density at radius 2 is 1.07 bits per heavy atom. The van der Waals surface area contributed by atoms with E-state index in [2.05, 4.69) is 9.97 Å². The third-order valence-electron chi connectivity index (χ3n) is 4.04. The second kappa shape index (κ2) is 7.67. The van der Waals surface area contributed by atoms with Gasteiger partial charge in [-0.15, -0.1) is 0 Å². The zero-order valence-corrected chi connectivity index (χ0v) is 14.6. The van der Waals surface area contributed by atoms with Gasteiger partial charge in [0.1, 0.15) is 11.5 Å². The largest absolute Gasteiger partial charge is 0.422 e. The smallest absolute Gasteiger partial charge is 0.345 e. The van der Waals surface area contributed by atoms with E-state index in [9.17, 15) is 9.59 Å². The molecule has 0 saturated carbocycles. The molecule has 136 valence electrons. The van der Waals surface area contributed by atoms with E-state index >= 15 is 0 Å². The zero-order valence-electron chi connectivity index (χ0n) is 14.6. The molecule has 2 aromatic heterocycles. The minimum absolute atomic E-state index is 0.346. The lowest BCUT2D eigenvalue weighted by atomic mass is 10.1. The van der Waals surface area contributed by atoms with Crippen molar-refractivity contribution in [2.24, 2.45) is 0 Å². The molecule has 0 aliphatic heterocycles. The summed E-state index contributed by atoms with van der Waals surface area (Å²) in [6.45, 7) is 0. The van der Waals surface area contributed by atoms with Crippen LogP contribution in [0.1, 0.15) is 20.7 Å². The van der Waals surface area contributed by atoms with Gasteiger partial charge in [-0.25, -0.2) is 9.59 Å². The molecule has 28 heavy (non-hydrogen) atoms. The molecule has 0 aliphatic rings. The van der Waals surface area contributed by atoms with Crippen molar-refractivity contribution in [2.45, 2.75) is 0 Å². The first-order chi connectivity index (χ1) is 13.7. The number of carbonyl (C=O) groups excluding carboxylic acids is 2. The fraction of sp³-hybridized carbons (Fsp3) is 0. The summed E-state index contributed by atoms with van der Waals surface area (Å²) in [6.07, 6.45) is 6.04. The van der Waals surface area contributed by atoms with Gasteiger partial charge in [0.25, 0.3) is 0 Å². The lowest BCUT2D eigenvalue weighted by Gasteiger charge is -2.11. The number of pyridine rings is 2. The normalized spacial score (nSPS) is 10.4. The van der Waals surface area contributed by atoms with E-state index in [4.69, 9.17) is 9.47 Å². The van der Waals surface area contributed by atoms with Gasteiger partial charge >= 0.3 is 11.9 Å². The molecule has 0 atom stereocenters. The topological polar surface area (TPSA) is 78.4 Å². The Balaban J connectivity index is 1.65. The zero-order chi connectivity index (χ0) is 19.3. The number of aromatic nitrogens is 2. The van der Waals surface area contributed by atoms with Gasteiger partial charge in [0.2, 0.25) is 0 Å². The lowest BCUT2D eigenvalue weighted by molar-refractivity contribution is 0.0725. The molecule has 0 N–H and O–H groups in total. The van der Waals surface area contributed by atoms with Crippen LogP contribution in [-0.4, -0.2) is 21.9 Å². The van der Waals surface area contributed by atoms with Gasteiger partial charge in [0, 0.05) is 35.6 Å². The molecular weight excluding hydrogens is 356 g/mol. The highest BCUT2D eigenvalue weighted by molar-refractivity contribution is 5.99. The van der Waals surface area contributed by atoms with E-state index in [1.54, 1.807) is 73.1 Å². The van der Waals surface area contributed by atoms with E-state index in [1.807, 2.05) is 0 Å². The van der Waals surface area contributed by atoms with Crippen molar-refractivity contribution >= 4 is 22.7 Å². The van der Waals surface area contributed by atoms with Crippen LogP contribution in [0, 0.1) is 0 Å². The predicted molar refractivity (Wildman–Crippen MR) is 102 cm³/mol. The van der Waals surface area contributed by atoms with Crippen LogP contribution in [0.2, 0.25) is 0 Å². The molecule has 0 amide bonds. The second-order valence-corrected chi connectivity index (χ2v) is 5.87. The SMILES string of the molecule is O=C(Oc1cccc2c(OC(=O)c3cccnc3)cccc12)c1cccnc1. The van der Waals surface area contributed by atoms with Crippen LogP contribution in [0.4, 0.5) is 0 Å². The number of nitrogens with zero attached hydrogens (tertiary/aromatic N) is 2. The monoisotopic (exact) mass is 370 g/mol. The molecule has 0 aliphatic carbocycles. The van der Waals surface area contributed by atoms with Crippen molar-refractivity contribution in [3.63, 3.8) is 0 Å². The van der Waals surface area contributed by atoms with Gasteiger partial charge in [-0.05, 0) is 36.4 Å². The first-order valence-electron chi connectivity index (χ1n) is 8.48. The molecule has 4 aromatic rings. The fourth-order valence-electron chi connectivity index (χ4n) is 2.71. The first kappa shape index (κ1) is 17.4. The van der Waals surface area contributed by atoms with Gasteiger partial charge < -0.3 is 9.47 Å². The number of benzene rings is 2. The van der Waals surface area contributed by atoms with Crippen LogP contribution < -0.4 is 9.47 Å². The molecular formula is C22H14N2O4. The van der Waals surface area contributed by atoms with Crippen LogP contribution in [0.15, 0.2) is 85.5 Å². The number of fused-ring (bicyclic) bond motifs is 1. The molecule has 0 spiro atoms. The van der Waals surface area contributed by atoms with Crippen molar-refractivity contribution in [1.82, 2.24) is 9.97 Å². The van der Waals surface area contributed by atoms with Crippen LogP contribution in [0.25, 0.3) is 10.8 Å². The summed E-state index contributed by atoms with van der Waals surface area (Å²) in [5.41, 5.74) is 0.692. The van der Waals surface area contributed by atoms with Crippen molar-refractivity contribution in [2.75, 3.05) is 0 Å². The fourth-order valence-corrected chi connectivity index (χ4v) is 2.71. The Bertz CT molecular complexity index is 1050. The van der Waals surface area contributed by atoms with Crippen LogP contribution in [0.5, 0.6) is 11.5 Å². The highest BCUT2D eigenvalue weighted by atomic mass is 16.5. The molecule has 2 aromatic carbocycles. The third kappa shape index (κ3) is 3.57. The summed E-state index contributed by atoms with van der Waals surface area (Å²) in [6, 6.07) is 17.0. The predicted octanol–water partition coefficient (Wildman–Crippen LogP) is 4.07. The highest BCUT2D eigenvalue weighted by Crippen LogP contribution is 2.33. The summed E-state index contributed by atoms with van der Waals surface area (Å²) >= 11 is 0. The Morgan fingerprint density at radius 3 is 1.46 bits per heavy atom. The summed E-state index contributed by atoms with van der Waals surface area (Å²) in [7, 11) is 0. The molecule has 0 radical (unpaired) electrons. The van der Waals surface area contributed by atoms with Gasteiger partial charge in [0.05, 0.1) is 11.1 Å². The van der Waals surface area contributed by atoms with Crippen LogP contribution >= 0.6 is 0 Å². The highest BCUT2D eigenvalue weighted by Gasteiger charge is 2.15. The molecule has 6 heteroatoms. The minimum atomic E-state index is -0.515. The Morgan fingerprint density at radius 1 is 0.607 bits per heavy atom. The summed E-state index contributed by atoms with van der Waals surface area (Å²) in [4.78, 5) is 32.5. The van der Waals surface area contributed by atoms with Gasteiger partial charge in [-0.3, -0.25) is 9.97 Å². The van der Waals surface area contributed by atoms with Crippen LogP contribution in [0.3, 0.4) is 0 Å². The Labute approximate surface area is 160 Å². The van der Waals surface area contributed by atoms with E-state index < -0.39 is 11.9 Å². The first-order valence-corrected chi connectivity index (χ1v) is 8.48. The maximum atomic E-state index is 12.4. The lowest BCUT2D eigenvalue weighted by Crippen LogP contribution is -2.10. The molecule has 2 heterocycles. The molecule has 0 fully saturated rings. The number of esters is 2. The van der Waals surface area contributed by atoms with Crippen LogP contribution in [-0.2, 0) is 0 Å². The summed E-state index contributed by atoms with van der Waals surface area (Å²) in [5.74, 6) is -0.298. The maximum absolute atomic E-state index is 12.4. The molecule has 0 unspecified atom stereocenters. The average molecular weight is 370 g/mol. The number of hydrogen-bond acceptors (Lipinski definition) is 6. The molecule has 6 nitrogen and oxygen atoms in total. The molecule has 4 rings (SSSR count). The second-order valence-electron chi connectivity index (χ2n) is 5.87. The van der Waals surface area contributed by atoms with Gasteiger partial charge in [0.15, 0.2) is 0 Å². The quantitative estimate of drug-likeness (QED) is 0.398. The number of ether oxygens (including phenoxy) is 2. The molecule has 0 bridgehead atoms. The van der Waals surface area contributed by atoms with E-state index in [-0.39, 0.29) is 0 Å². The van der Waals surface area contributed by atoms with Crippen molar-refractivity contribution < 1.29 is 19.1 Å². The summed E-state index contributed by atoms with van der Waals surface area (Å²) < 4.78 is 11.1. The van der Waals surface area contributed by atoms with E-state index in [0.717, 1.165) is 0 Å². The van der Waals surface area contributed by atoms with Gasteiger partial charge in [-0.2, -0.15) is 0 Å². The average Bonchev–Trinajstić information content (AvgIpc) is 2.75. The standard InChI is InChI=1S/C22H14N2O4/c25-21(15-5-3-11-23-13-15)27-19-9-1-7-17-18(19)8-2-10-20(17)28-22(26)16-6-4-12-24-14-16/h1-14H. The van der Waals surface area contributed by atoms with Crippen molar-refractivity contribution in [3.05, 3.63) is 96.6 Å². The van der Waals surface area contributed by atoms with Crippen molar-refractivity contribution in [1.29, 1.82) is 0 Å². The maximum Gasteiger partial charge on any atom is 0.345 e. The molecule has 0 saturated heterocycles. The Kier molecular flexibility index (Phi) is 4.76. The Hall–Kier alpha value is -4.06. The third-order valence-corrected chi connectivity index (χ3v) is 4.04. The van der Waals surface area contributed by atoms with Gasteiger partial charge in [-0.1, -0.05) is 24.3 Å². The summed E-state index contributed by atoms with van der Waals surface area (Å²) in [5, 5.41) is 1.30. The van der Waals surface area contributed by atoms with E-state index in [0.29, 0.717) is 33.4 Å². The van der Waals surface area contributed by atoms with E-state index in [1.165, 1.54) is 12.4 Å². The number of carbonyl (C=O) groups is 2. The number of hydrogen-bond donors (Lipinski definition) is 0. The minimum Gasteiger partial charge on any atom is -0.422 e. The van der Waals surface area contributed by atoms with Crippen molar-refractivity contribution in [3.8, 4) is 11.5 Å². The number of rotatable bonds is 4.